The lowest BCUT2D eigenvalue weighted by Gasteiger charge is -2.35. The average Bonchev–Trinajstić information content (AvgIpc) is 3.23. The van der Waals surface area contributed by atoms with Gasteiger partial charge >= 0.3 is 0 Å². The maximum Gasteiger partial charge on any atom is 0.273 e. The summed E-state index contributed by atoms with van der Waals surface area (Å²) in [5.74, 6) is 2.81. The van der Waals surface area contributed by atoms with E-state index in [1.165, 1.54) is 21.4 Å². The summed E-state index contributed by atoms with van der Waals surface area (Å²) in [7, 11) is 0. The van der Waals surface area contributed by atoms with Crippen molar-refractivity contribution in [2.45, 2.75) is 25.2 Å². The summed E-state index contributed by atoms with van der Waals surface area (Å²) in [6.07, 6.45) is 3.26. The topological polar surface area (TPSA) is 80.4 Å². The SMILES string of the molecule is c1ccc2c(N3CCN(CCCOc4nc(-c5nnc(C6CC6)o5)cs4)CC3)nsc2c1. The summed E-state index contributed by atoms with van der Waals surface area (Å²) in [4.78, 5) is 9.41. The molecule has 0 spiro atoms. The molecule has 3 aromatic heterocycles. The second kappa shape index (κ2) is 8.76. The number of anilines is 1. The Morgan fingerprint density at radius 1 is 1.09 bits per heavy atom. The largest absolute Gasteiger partial charge is 0.470 e. The van der Waals surface area contributed by atoms with E-state index in [0.29, 0.717) is 29.3 Å². The summed E-state index contributed by atoms with van der Waals surface area (Å²) in [5.41, 5.74) is 0.704. The zero-order valence-corrected chi connectivity index (χ0v) is 19.3. The number of rotatable bonds is 8. The monoisotopic (exact) mass is 468 g/mol. The minimum absolute atomic E-state index is 0.452. The maximum atomic E-state index is 5.87. The quantitative estimate of drug-likeness (QED) is 0.355. The van der Waals surface area contributed by atoms with Crippen LogP contribution in [-0.2, 0) is 0 Å². The first-order chi connectivity index (χ1) is 15.8. The number of ether oxygens (including phenoxy) is 1. The fourth-order valence-electron chi connectivity index (χ4n) is 3.99. The summed E-state index contributed by atoms with van der Waals surface area (Å²) < 4.78 is 17.5. The van der Waals surface area contributed by atoms with Crippen molar-refractivity contribution in [3.8, 4) is 16.8 Å². The highest BCUT2D eigenvalue weighted by Crippen LogP contribution is 2.40. The predicted molar refractivity (Wildman–Crippen MR) is 126 cm³/mol. The first-order valence-electron chi connectivity index (χ1n) is 11.1. The van der Waals surface area contributed by atoms with Gasteiger partial charge < -0.3 is 14.1 Å². The lowest BCUT2D eigenvalue weighted by Crippen LogP contribution is -2.47. The second-order valence-electron chi connectivity index (χ2n) is 8.25. The highest BCUT2D eigenvalue weighted by molar-refractivity contribution is 7.13. The molecule has 0 unspecified atom stereocenters. The van der Waals surface area contributed by atoms with Crippen molar-refractivity contribution in [3.63, 3.8) is 0 Å². The fraction of sp³-hybridized carbons (Fsp3) is 0.455. The molecule has 2 aliphatic rings. The van der Waals surface area contributed by atoms with E-state index in [1.54, 1.807) is 11.5 Å². The van der Waals surface area contributed by atoms with Crippen molar-refractivity contribution in [3.05, 3.63) is 35.5 Å². The molecule has 1 aromatic carbocycles. The zero-order chi connectivity index (χ0) is 21.3. The van der Waals surface area contributed by atoms with Gasteiger partial charge in [-0.15, -0.1) is 10.2 Å². The highest BCUT2D eigenvalue weighted by Gasteiger charge is 2.30. The molecule has 0 bridgehead atoms. The first kappa shape index (κ1) is 20.1. The third-order valence-corrected chi connectivity index (χ3v) is 7.51. The average molecular weight is 469 g/mol. The van der Waals surface area contributed by atoms with Gasteiger partial charge in [-0.05, 0) is 42.9 Å². The number of benzene rings is 1. The van der Waals surface area contributed by atoms with Crippen LogP contribution in [-0.4, -0.2) is 63.8 Å². The summed E-state index contributed by atoms with van der Waals surface area (Å²) in [6, 6.07) is 8.49. The van der Waals surface area contributed by atoms with E-state index in [-0.39, 0.29) is 0 Å². The van der Waals surface area contributed by atoms with Crippen LogP contribution in [0.4, 0.5) is 5.82 Å². The minimum Gasteiger partial charge on any atom is -0.470 e. The van der Waals surface area contributed by atoms with Gasteiger partial charge in [0.15, 0.2) is 0 Å². The Morgan fingerprint density at radius 3 is 2.84 bits per heavy atom. The first-order valence-corrected chi connectivity index (χ1v) is 12.7. The van der Waals surface area contributed by atoms with Gasteiger partial charge in [-0.2, -0.15) is 9.36 Å². The molecule has 1 saturated heterocycles. The molecule has 0 N–H and O–H groups in total. The Morgan fingerprint density at radius 2 is 1.97 bits per heavy atom. The number of nitrogens with zero attached hydrogens (tertiary/aromatic N) is 6. The molecule has 2 fully saturated rings. The Labute approximate surface area is 194 Å². The normalized spacial score (nSPS) is 17.3. The van der Waals surface area contributed by atoms with Crippen LogP contribution < -0.4 is 9.64 Å². The van der Waals surface area contributed by atoms with E-state index in [0.717, 1.165) is 63.7 Å². The molecule has 4 aromatic rings. The zero-order valence-electron chi connectivity index (χ0n) is 17.6. The third kappa shape index (κ3) is 4.22. The van der Waals surface area contributed by atoms with Gasteiger partial charge in [0.05, 0.1) is 11.3 Å². The Hall–Kier alpha value is -2.56. The molecule has 166 valence electrons. The van der Waals surface area contributed by atoms with Crippen molar-refractivity contribution in [1.29, 1.82) is 0 Å². The van der Waals surface area contributed by atoms with Crippen molar-refractivity contribution in [2.75, 3.05) is 44.2 Å². The van der Waals surface area contributed by atoms with Crippen LogP contribution in [0.15, 0.2) is 34.1 Å². The molecule has 10 heteroatoms. The van der Waals surface area contributed by atoms with Crippen molar-refractivity contribution in [2.24, 2.45) is 0 Å². The Balaban J connectivity index is 0.948. The van der Waals surface area contributed by atoms with Gasteiger partial charge in [0, 0.05) is 49.4 Å². The molecule has 0 atom stereocenters. The molecule has 1 aliphatic carbocycles. The van der Waals surface area contributed by atoms with Crippen LogP contribution >= 0.6 is 22.9 Å². The van der Waals surface area contributed by atoms with Gasteiger partial charge in [0.25, 0.3) is 11.1 Å². The maximum absolute atomic E-state index is 5.87. The van der Waals surface area contributed by atoms with E-state index >= 15 is 0 Å². The second-order valence-corrected chi connectivity index (χ2v) is 9.88. The number of hydrogen-bond acceptors (Lipinski definition) is 10. The number of piperazine rings is 1. The Kier molecular flexibility index (Phi) is 5.50. The molecular formula is C22H24N6O2S2. The predicted octanol–water partition coefficient (Wildman–Crippen LogP) is 4.27. The van der Waals surface area contributed by atoms with Gasteiger partial charge in [-0.25, -0.2) is 0 Å². The summed E-state index contributed by atoms with van der Waals surface area (Å²) >= 11 is 3.06. The highest BCUT2D eigenvalue weighted by atomic mass is 32.1. The van der Waals surface area contributed by atoms with E-state index in [4.69, 9.17) is 13.5 Å². The number of fused-ring (bicyclic) bond motifs is 1. The standard InChI is InChI=1S/C22H24N6O2S2/c1-2-5-18-16(4-1)19(26-32-18)28-11-9-27(10-12-28)8-3-13-29-22-23-17(14-31-22)21-25-24-20(30-21)15-6-7-15/h1-2,4-5,14-15H,3,6-13H2. The fourth-order valence-corrected chi connectivity index (χ4v) is 5.45. The molecule has 4 heterocycles. The van der Waals surface area contributed by atoms with E-state index in [2.05, 4.69) is 49.2 Å². The lowest BCUT2D eigenvalue weighted by atomic mass is 10.2. The van der Waals surface area contributed by atoms with Gasteiger partial charge in [-0.3, -0.25) is 4.90 Å². The van der Waals surface area contributed by atoms with Crippen molar-refractivity contribution in [1.82, 2.24) is 24.5 Å². The Bertz CT molecular complexity index is 1190. The minimum atomic E-state index is 0.452. The van der Waals surface area contributed by atoms with Crippen LogP contribution in [0.5, 0.6) is 5.19 Å². The van der Waals surface area contributed by atoms with Gasteiger partial charge in [-0.1, -0.05) is 23.5 Å². The van der Waals surface area contributed by atoms with E-state index in [9.17, 15) is 0 Å². The van der Waals surface area contributed by atoms with Crippen LogP contribution in [0.1, 0.15) is 31.1 Å². The smallest absolute Gasteiger partial charge is 0.273 e. The number of hydrogen-bond donors (Lipinski definition) is 0. The van der Waals surface area contributed by atoms with Crippen LogP contribution in [0, 0.1) is 0 Å². The van der Waals surface area contributed by atoms with Crippen LogP contribution in [0.3, 0.4) is 0 Å². The molecule has 0 amide bonds. The summed E-state index contributed by atoms with van der Waals surface area (Å²) in [5, 5.41) is 12.1. The third-order valence-electron chi connectivity index (χ3n) is 5.94. The summed E-state index contributed by atoms with van der Waals surface area (Å²) in [6.45, 7) is 5.80. The lowest BCUT2D eigenvalue weighted by molar-refractivity contribution is 0.224. The molecule has 0 radical (unpaired) electrons. The van der Waals surface area contributed by atoms with E-state index < -0.39 is 0 Å². The van der Waals surface area contributed by atoms with Crippen LogP contribution in [0.25, 0.3) is 21.7 Å². The molecule has 32 heavy (non-hydrogen) atoms. The van der Waals surface area contributed by atoms with Crippen LogP contribution in [0.2, 0.25) is 0 Å². The van der Waals surface area contributed by atoms with Gasteiger partial charge in [0.2, 0.25) is 5.89 Å². The molecule has 8 nitrogen and oxygen atoms in total. The van der Waals surface area contributed by atoms with Crippen molar-refractivity contribution < 1.29 is 9.15 Å². The molecule has 6 rings (SSSR count). The van der Waals surface area contributed by atoms with Gasteiger partial charge in [0.1, 0.15) is 11.5 Å². The number of thiazole rings is 1. The van der Waals surface area contributed by atoms with E-state index in [1.807, 2.05) is 5.38 Å². The van der Waals surface area contributed by atoms with Crippen molar-refractivity contribution >= 4 is 38.8 Å². The molecule has 1 aliphatic heterocycles. The molecular weight excluding hydrogens is 444 g/mol. The number of aromatic nitrogens is 4. The molecule has 1 saturated carbocycles.